The van der Waals surface area contributed by atoms with Crippen molar-refractivity contribution in [3.8, 4) is 6.07 Å². The van der Waals surface area contributed by atoms with Gasteiger partial charge in [-0.15, -0.1) is 0 Å². The van der Waals surface area contributed by atoms with Crippen LogP contribution in [0, 0.1) is 11.3 Å². The Morgan fingerprint density at radius 3 is 2.29 bits per heavy atom. The van der Waals surface area contributed by atoms with Gasteiger partial charge in [-0.2, -0.15) is 5.26 Å². The molecule has 4 nitrogen and oxygen atoms in total. The summed E-state index contributed by atoms with van der Waals surface area (Å²) in [5.41, 5.74) is 5.33. The van der Waals surface area contributed by atoms with Gasteiger partial charge in [0.1, 0.15) is 10.8 Å². The third kappa shape index (κ3) is 1.99. The molecule has 0 unspecified atom stereocenters. The van der Waals surface area contributed by atoms with Crippen LogP contribution in [0.15, 0.2) is 28.7 Å². The fraction of sp³-hybridized carbons (Fsp3) is 0.364. The molecule has 0 aliphatic heterocycles. The van der Waals surface area contributed by atoms with Gasteiger partial charge in [0.05, 0.1) is 6.07 Å². The summed E-state index contributed by atoms with van der Waals surface area (Å²) in [4.78, 5) is 0. The van der Waals surface area contributed by atoms with E-state index in [2.05, 4.69) is 15.9 Å². The molecular formula is C11H11BrN2O2S. The van der Waals surface area contributed by atoms with Crippen molar-refractivity contribution >= 4 is 25.8 Å². The number of nitriles is 1. The predicted molar refractivity (Wildman–Crippen MR) is 68.0 cm³/mol. The van der Waals surface area contributed by atoms with Crippen LogP contribution in [0.1, 0.15) is 11.5 Å². The van der Waals surface area contributed by atoms with Gasteiger partial charge < -0.3 is 5.73 Å². The molecule has 0 radical (unpaired) electrons. The van der Waals surface area contributed by atoms with Crippen LogP contribution < -0.4 is 5.73 Å². The van der Waals surface area contributed by atoms with Crippen LogP contribution in [-0.4, -0.2) is 25.5 Å². The number of hydrogen-bond acceptors (Lipinski definition) is 4. The molecule has 2 rings (SSSR count). The number of sulfone groups is 1. The number of rotatable bonds is 2. The molecule has 0 bridgehead atoms. The second-order valence-electron chi connectivity index (χ2n) is 4.32. The highest BCUT2D eigenvalue weighted by Gasteiger charge is 2.69. The molecule has 17 heavy (non-hydrogen) atoms. The molecule has 1 aromatic carbocycles. The first kappa shape index (κ1) is 12.6. The SMILES string of the molecule is CS(=O)(=O)[C@H]1[C@@H](c2ccc(Br)cc2)[C@@]1(N)C#N. The van der Waals surface area contributed by atoms with E-state index in [1.807, 2.05) is 18.2 Å². The van der Waals surface area contributed by atoms with E-state index in [9.17, 15) is 8.42 Å². The lowest BCUT2D eigenvalue weighted by atomic mass is 10.1. The Hall–Kier alpha value is -0.900. The van der Waals surface area contributed by atoms with Crippen molar-refractivity contribution < 1.29 is 8.42 Å². The van der Waals surface area contributed by atoms with Crippen molar-refractivity contribution in [2.24, 2.45) is 5.73 Å². The van der Waals surface area contributed by atoms with Gasteiger partial charge in [0.2, 0.25) is 0 Å². The summed E-state index contributed by atoms with van der Waals surface area (Å²) in [5.74, 6) is -0.435. The normalized spacial score (nSPS) is 31.9. The molecule has 3 atom stereocenters. The van der Waals surface area contributed by atoms with E-state index in [1.165, 1.54) is 0 Å². The van der Waals surface area contributed by atoms with Crippen molar-refractivity contribution in [1.29, 1.82) is 5.26 Å². The first-order chi connectivity index (χ1) is 7.80. The summed E-state index contributed by atoms with van der Waals surface area (Å²) in [6.45, 7) is 0. The Morgan fingerprint density at radius 2 is 1.94 bits per heavy atom. The standard InChI is InChI=1S/C11H11BrN2O2S/c1-17(15,16)10-9(11(10,14)6-13)7-2-4-8(12)5-3-7/h2-5,9-10H,14H2,1H3/t9-,10+,11+/m1/s1. The third-order valence-electron chi connectivity index (χ3n) is 3.06. The molecule has 2 N–H and O–H groups in total. The minimum atomic E-state index is -3.32. The molecule has 0 spiro atoms. The Bertz CT molecular complexity index is 591. The summed E-state index contributed by atoms with van der Waals surface area (Å²) in [7, 11) is -3.32. The summed E-state index contributed by atoms with van der Waals surface area (Å²) in [6, 6.07) is 9.12. The van der Waals surface area contributed by atoms with Crippen LogP contribution in [0.3, 0.4) is 0 Å². The van der Waals surface area contributed by atoms with Crippen molar-refractivity contribution in [2.75, 3.05) is 6.26 Å². The van der Waals surface area contributed by atoms with E-state index in [0.717, 1.165) is 16.3 Å². The van der Waals surface area contributed by atoms with E-state index in [4.69, 9.17) is 11.0 Å². The van der Waals surface area contributed by atoms with Crippen molar-refractivity contribution in [1.82, 2.24) is 0 Å². The first-order valence-corrected chi connectivity index (χ1v) is 7.70. The zero-order chi connectivity index (χ0) is 12.8. The highest BCUT2D eigenvalue weighted by molar-refractivity contribution is 9.10. The molecular weight excluding hydrogens is 304 g/mol. The highest BCUT2D eigenvalue weighted by Crippen LogP contribution is 2.53. The molecule has 1 aromatic rings. The van der Waals surface area contributed by atoms with Gasteiger partial charge in [-0.25, -0.2) is 8.42 Å². The molecule has 0 heterocycles. The van der Waals surface area contributed by atoms with Crippen LogP contribution >= 0.6 is 15.9 Å². The van der Waals surface area contributed by atoms with Gasteiger partial charge in [-0.3, -0.25) is 0 Å². The largest absolute Gasteiger partial charge is 0.312 e. The molecule has 90 valence electrons. The molecule has 0 amide bonds. The van der Waals surface area contributed by atoms with E-state index >= 15 is 0 Å². The molecule has 1 saturated carbocycles. The lowest BCUT2D eigenvalue weighted by molar-refractivity contribution is 0.597. The monoisotopic (exact) mass is 314 g/mol. The zero-order valence-corrected chi connectivity index (χ0v) is 11.5. The lowest BCUT2D eigenvalue weighted by Gasteiger charge is -2.00. The first-order valence-electron chi connectivity index (χ1n) is 4.95. The van der Waals surface area contributed by atoms with Gasteiger partial charge >= 0.3 is 0 Å². The van der Waals surface area contributed by atoms with Crippen LogP contribution in [0.4, 0.5) is 0 Å². The van der Waals surface area contributed by atoms with Crippen LogP contribution in [0.2, 0.25) is 0 Å². The summed E-state index contributed by atoms with van der Waals surface area (Å²) in [6.07, 6.45) is 1.12. The number of hydrogen-bond donors (Lipinski definition) is 1. The second-order valence-corrected chi connectivity index (χ2v) is 7.41. The number of nitrogens with zero attached hydrogens (tertiary/aromatic N) is 1. The molecule has 0 saturated heterocycles. The van der Waals surface area contributed by atoms with Crippen molar-refractivity contribution in [3.63, 3.8) is 0 Å². The Balaban J connectivity index is 2.42. The molecule has 1 aliphatic carbocycles. The van der Waals surface area contributed by atoms with Crippen molar-refractivity contribution in [2.45, 2.75) is 16.7 Å². The predicted octanol–water partition coefficient (Wildman–Crippen LogP) is 1.18. The summed E-state index contributed by atoms with van der Waals surface area (Å²) >= 11 is 3.30. The number of benzene rings is 1. The zero-order valence-electron chi connectivity index (χ0n) is 9.09. The quantitative estimate of drug-likeness (QED) is 0.888. The Labute approximate surface area is 108 Å². The summed E-state index contributed by atoms with van der Waals surface area (Å²) in [5, 5.41) is 8.23. The maximum absolute atomic E-state index is 11.6. The van der Waals surface area contributed by atoms with Gasteiger partial charge in [0.25, 0.3) is 0 Å². The fourth-order valence-corrected chi connectivity index (χ4v) is 4.20. The average Bonchev–Trinajstić information content (AvgIpc) is 2.87. The fourth-order valence-electron chi connectivity index (χ4n) is 2.23. The van der Waals surface area contributed by atoms with E-state index in [-0.39, 0.29) is 0 Å². The maximum Gasteiger partial charge on any atom is 0.153 e. The van der Waals surface area contributed by atoms with Crippen LogP contribution in [0.5, 0.6) is 0 Å². The highest BCUT2D eigenvalue weighted by atomic mass is 79.9. The number of nitrogens with two attached hydrogens (primary N) is 1. The topological polar surface area (TPSA) is 83.9 Å². The van der Waals surface area contributed by atoms with Gasteiger partial charge in [0.15, 0.2) is 9.84 Å². The molecule has 1 fully saturated rings. The maximum atomic E-state index is 11.6. The third-order valence-corrected chi connectivity index (χ3v) is 5.18. The van der Waals surface area contributed by atoms with Gasteiger partial charge in [-0.1, -0.05) is 28.1 Å². The van der Waals surface area contributed by atoms with Gasteiger partial charge in [0, 0.05) is 16.6 Å². The Kier molecular flexibility index (Phi) is 2.81. The second kappa shape index (κ2) is 3.80. The van der Waals surface area contributed by atoms with E-state index < -0.39 is 26.5 Å². The van der Waals surface area contributed by atoms with Crippen LogP contribution in [-0.2, 0) is 9.84 Å². The lowest BCUT2D eigenvalue weighted by Crippen LogP contribution is -2.28. The molecule has 0 aromatic heterocycles. The molecule has 6 heteroatoms. The van der Waals surface area contributed by atoms with E-state index in [0.29, 0.717) is 0 Å². The average molecular weight is 315 g/mol. The smallest absolute Gasteiger partial charge is 0.153 e. The number of halogens is 1. The Morgan fingerprint density at radius 1 is 1.41 bits per heavy atom. The van der Waals surface area contributed by atoms with E-state index in [1.54, 1.807) is 12.1 Å². The van der Waals surface area contributed by atoms with Crippen molar-refractivity contribution in [3.05, 3.63) is 34.3 Å². The summed E-state index contributed by atoms with van der Waals surface area (Å²) < 4.78 is 24.1. The molecule has 1 aliphatic rings. The van der Waals surface area contributed by atoms with Gasteiger partial charge in [-0.05, 0) is 17.7 Å². The van der Waals surface area contributed by atoms with Crippen LogP contribution in [0.25, 0.3) is 0 Å². The minimum absolute atomic E-state index is 0.435. The minimum Gasteiger partial charge on any atom is -0.312 e.